The van der Waals surface area contributed by atoms with Gasteiger partial charge in [0, 0.05) is 10.9 Å². The van der Waals surface area contributed by atoms with Crippen LogP contribution in [0.4, 0.5) is 10.1 Å². The van der Waals surface area contributed by atoms with Crippen LogP contribution in [0, 0.1) is 5.82 Å². The first-order valence-electron chi connectivity index (χ1n) is 6.57. The third-order valence-electron chi connectivity index (χ3n) is 3.06. The molecule has 0 saturated heterocycles. The lowest BCUT2D eigenvalue weighted by atomic mass is 10.1. The van der Waals surface area contributed by atoms with E-state index >= 15 is 0 Å². The summed E-state index contributed by atoms with van der Waals surface area (Å²) in [5, 5.41) is 2.57. The summed E-state index contributed by atoms with van der Waals surface area (Å²) in [5.41, 5.74) is 1.18. The summed E-state index contributed by atoms with van der Waals surface area (Å²) in [7, 11) is 1.60. The number of amides is 1. The Labute approximate surface area is 145 Å². The monoisotopic (exact) mass is 429 g/mol. The SMILES string of the molecule is COc1ccc(CCC(=O)Nc2ccc(Br)cc2F)cc1Br. The van der Waals surface area contributed by atoms with Crippen molar-refractivity contribution in [3.63, 3.8) is 0 Å². The molecular weight excluding hydrogens is 417 g/mol. The van der Waals surface area contributed by atoms with E-state index in [2.05, 4.69) is 37.2 Å². The Balaban J connectivity index is 1.94. The molecule has 0 fully saturated rings. The molecule has 0 aromatic heterocycles. The fourth-order valence-corrected chi connectivity index (χ4v) is 2.85. The van der Waals surface area contributed by atoms with Crippen molar-refractivity contribution < 1.29 is 13.9 Å². The minimum absolute atomic E-state index is 0.184. The van der Waals surface area contributed by atoms with Gasteiger partial charge in [0.05, 0.1) is 17.3 Å². The van der Waals surface area contributed by atoms with Gasteiger partial charge in [0.15, 0.2) is 0 Å². The van der Waals surface area contributed by atoms with Crippen molar-refractivity contribution in [2.75, 3.05) is 12.4 Å². The van der Waals surface area contributed by atoms with Gasteiger partial charge in [-0.05, 0) is 58.2 Å². The molecule has 0 atom stereocenters. The molecule has 0 unspecified atom stereocenters. The number of rotatable bonds is 5. The first-order chi connectivity index (χ1) is 10.5. The molecule has 0 spiro atoms. The van der Waals surface area contributed by atoms with Gasteiger partial charge in [0.2, 0.25) is 5.91 Å². The first kappa shape index (κ1) is 17.0. The number of carbonyl (C=O) groups is 1. The average molecular weight is 431 g/mol. The summed E-state index contributed by atoms with van der Waals surface area (Å²) in [6.07, 6.45) is 0.834. The maximum atomic E-state index is 13.6. The predicted molar refractivity (Wildman–Crippen MR) is 91.7 cm³/mol. The second-order valence-corrected chi connectivity index (χ2v) is 6.41. The lowest BCUT2D eigenvalue weighted by Crippen LogP contribution is -2.13. The fraction of sp³-hybridized carbons (Fsp3) is 0.188. The molecule has 2 aromatic rings. The molecule has 2 aromatic carbocycles. The molecule has 116 valence electrons. The quantitative estimate of drug-likeness (QED) is 0.730. The second kappa shape index (κ2) is 7.74. The minimum atomic E-state index is -0.463. The van der Waals surface area contributed by atoms with E-state index < -0.39 is 5.82 Å². The Morgan fingerprint density at radius 2 is 2.00 bits per heavy atom. The van der Waals surface area contributed by atoms with Gasteiger partial charge in [-0.2, -0.15) is 0 Å². The van der Waals surface area contributed by atoms with Crippen molar-refractivity contribution in [1.82, 2.24) is 0 Å². The number of ether oxygens (including phenoxy) is 1. The number of carbonyl (C=O) groups excluding carboxylic acids is 1. The number of nitrogens with one attached hydrogen (secondary N) is 1. The molecule has 0 bridgehead atoms. The van der Waals surface area contributed by atoms with E-state index in [4.69, 9.17) is 4.74 Å². The van der Waals surface area contributed by atoms with Crippen LogP contribution in [0.15, 0.2) is 45.3 Å². The lowest BCUT2D eigenvalue weighted by molar-refractivity contribution is -0.116. The van der Waals surface area contributed by atoms with Crippen LogP contribution in [-0.4, -0.2) is 13.0 Å². The molecule has 0 aliphatic rings. The van der Waals surface area contributed by atoms with Crippen LogP contribution in [0.5, 0.6) is 5.75 Å². The topological polar surface area (TPSA) is 38.3 Å². The maximum absolute atomic E-state index is 13.6. The van der Waals surface area contributed by atoms with E-state index in [-0.39, 0.29) is 18.0 Å². The van der Waals surface area contributed by atoms with Crippen molar-refractivity contribution in [2.45, 2.75) is 12.8 Å². The Hall–Kier alpha value is -1.40. The highest BCUT2D eigenvalue weighted by molar-refractivity contribution is 9.10. The first-order valence-corrected chi connectivity index (χ1v) is 8.15. The Kier molecular flexibility index (Phi) is 5.97. The molecule has 0 heterocycles. The summed E-state index contributed by atoms with van der Waals surface area (Å²) < 4.78 is 20.3. The van der Waals surface area contributed by atoms with Crippen molar-refractivity contribution in [2.24, 2.45) is 0 Å². The smallest absolute Gasteiger partial charge is 0.224 e. The molecule has 1 amide bonds. The Morgan fingerprint density at radius 1 is 1.23 bits per heavy atom. The van der Waals surface area contributed by atoms with E-state index in [0.717, 1.165) is 15.8 Å². The highest BCUT2D eigenvalue weighted by atomic mass is 79.9. The van der Waals surface area contributed by atoms with Gasteiger partial charge < -0.3 is 10.1 Å². The van der Waals surface area contributed by atoms with E-state index in [1.165, 1.54) is 12.1 Å². The lowest BCUT2D eigenvalue weighted by Gasteiger charge is -2.08. The average Bonchev–Trinajstić information content (AvgIpc) is 2.48. The number of aryl methyl sites for hydroxylation is 1. The summed E-state index contributed by atoms with van der Waals surface area (Å²) in [4.78, 5) is 11.9. The van der Waals surface area contributed by atoms with E-state index in [1.54, 1.807) is 13.2 Å². The molecule has 0 aliphatic carbocycles. The van der Waals surface area contributed by atoms with Gasteiger partial charge in [0.1, 0.15) is 11.6 Å². The van der Waals surface area contributed by atoms with Crippen LogP contribution in [0.2, 0.25) is 0 Å². The fourth-order valence-electron chi connectivity index (χ4n) is 1.93. The summed E-state index contributed by atoms with van der Waals surface area (Å²) in [6.45, 7) is 0. The van der Waals surface area contributed by atoms with E-state index in [9.17, 15) is 9.18 Å². The summed E-state index contributed by atoms with van der Waals surface area (Å²) in [5.74, 6) is 0.0493. The molecule has 0 aliphatic heterocycles. The molecule has 3 nitrogen and oxygen atoms in total. The van der Waals surface area contributed by atoms with Gasteiger partial charge in [-0.1, -0.05) is 22.0 Å². The zero-order valence-corrected chi connectivity index (χ0v) is 15.0. The number of benzene rings is 2. The van der Waals surface area contributed by atoms with Crippen LogP contribution in [0.1, 0.15) is 12.0 Å². The van der Waals surface area contributed by atoms with Crippen LogP contribution >= 0.6 is 31.9 Å². The number of methoxy groups -OCH3 is 1. The van der Waals surface area contributed by atoms with Gasteiger partial charge in [-0.3, -0.25) is 4.79 Å². The number of anilines is 1. The van der Waals surface area contributed by atoms with Crippen LogP contribution in [0.25, 0.3) is 0 Å². The van der Waals surface area contributed by atoms with Crippen molar-refractivity contribution in [3.8, 4) is 5.75 Å². The molecule has 6 heteroatoms. The van der Waals surface area contributed by atoms with Crippen molar-refractivity contribution in [3.05, 3.63) is 56.7 Å². The standard InChI is InChI=1S/C16H14Br2FNO2/c1-22-15-6-2-10(8-12(15)18)3-7-16(21)20-14-5-4-11(17)9-13(14)19/h2,4-6,8-9H,3,7H2,1H3,(H,20,21). The molecule has 0 saturated carbocycles. The Bertz CT molecular complexity index is 692. The number of halogens is 3. The highest BCUT2D eigenvalue weighted by Crippen LogP contribution is 2.26. The zero-order valence-electron chi connectivity index (χ0n) is 11.8. The molecule has 0 radical (unpaired) electrons. The molecule has 2 rings (SSSR count). The van der Waals surface area contributed by atoms with Gasteiger partial charge >= 0.3 is 0 Å². The summed E-state index contributed by atoms with van der Waals surface area (Å²) in [6, 6.07) is 10.2. The number of hydrogen-bond donors (Lipinski definition) is 1. The number of hydrogen-bond acceptors (Lipinski definition) is 2. The molecule has 22 heavy (non-hydrogen) atoms. The molecular formula is C16H14Br2FNO2. The van der Waals surface area contributed by atoms with Gasteiger partial charge in [0.25, 0.3) is 0 Å². The van der Waals surface area contributed by atoms with Crippen molar-refractivity contribution in [1.29, 1.82) is 0 Å². The largest absolute Gasteiger partial charge is 0.496 e. The maximum Gasteiger partial charge on any atom is 0.224 e. The third-order valence-corrected chi connectivity index (χ3v) is 4.18. The second-order valence-electron chi connectivity index (χ2n) is 4.64. The molecule has 1 N–H and O–H groups in total. The highest BCUT2D eigenvalue weighted by Gasteiger charge is 2.08. The summed E-state index contributed by atoms with van der Waals surface area (Å²) >= 11 is 6.58. The third kappa shape index (κ3) is 4.55. The van der Waals surface area contributed by atoms with Crippen LogP contribution in [-0.2, 0) is 11.2 Å². The van der Waals surface area contributed by atoms with E-state index in [0.29, 0.717) is 10.9 Å². The predicted octanol–water partition coefficient (Wildman–Crippen LogP) is 4.93. The normalized spacial score (nSPS) is 10.4. The minimum Gasteiger partial charge on any atom is -0.496 e. The zero-order chi connectivity index (χ0) is 16.1. The van der Waals surface area contributed by atoms with Crippen LogP contribution < -0.4 is 10.1 Å². The van der Waals surface area contributed by atoms with Gasteiger partial charge in [-0.15, -0.1) is 0 Å². The van der Waals surface area contributed by atoms with Gasteiger partial charge in [-0.25, -0.2) is 4.39 Å². The van der Waals surface area contributed by atoms with Crippen LogP contribution in [0.3, 0.4) is 0 Å². The van der Waals surface area contributed by atoms with Crippen molar-refractivity contribution >= 4 is 43.5 Å². The Morgan fingerprint density at radius 3 is 2.64 bits per heavy atom. The van der Waals surface area contributed by atoms with E-state index in [1.807, 2.05) is 18.2 Å².